The third-order valence-electron chi connectivity index (χ3n) is 2.09. The van der Waals surface area contributed by atoms with Gasteiger partial charge in [0.2, 0.25) is 0 Å². The van der Waals surface area contributed by atoms with E-state index in [-0.39, 0.29) is 5.91 Å². The molecule has 0 saturated carbocycles. The van der Waals surface area contributed by atoms with E-state index in [4.69, 9.17) is 5.73 Å². The highest BCUT2D eigenvalue weighted by Crippen LogP contribution is 2.06. The Kier molecular flexibility index (Phi) is 3.16. The number of benzene rings is 1. The summed E-state index contributed by atoms with van der Waals surface area (Å²) in [5, 5.41) is 4.69. The second-order valence-electron chi connectivity index (χ2n) is 3.28. The molecule has 0 fully saturated rings. The summed E-state index contributed by atoms with van der Waals surface area (Å²) in [5.41, 5.74) is 9.40. The number of anilines is 1. The van der Waals surface area contributed by atoms with Crippen LogP contribution in [-0.4, -0.2) is 10.9 Å². The van der Waals surface area contributed by atoms with Crippen molar-refractivity contribution in [3.05, 3.63) is 46.4 Å². The molecule has 0 atom stereocenters. The van der Waals surface area contributed by atoms with Gasteiger partial charge in [0.15, 0.2) is 0 Å². The van der Waals surface area contributed by atoms with Crippen LogP contribution in [0.1, 0.15) is 16.1 Å². The van der Waals surface area contributed by atoms with Crippen molar-refractivity contribution in [1.29, 1.82) is 0 Å². The van der Waals surface area contributed by atoms with E-state index >= 15 is 0 Å². The van der Waals surface area contributed by atoms with Gasteiger partial charge in [-0.25, -0.2) is 4.98 Å². The van der Waals surface area contributed by atoms with E-state index in [9.17, 15) is 4.79 Å². The van der Waals surface area contributed by atoms with Crippen LogP contribution in [0.2, 0.25) is 0 Å². The molecule has 0 aliphatic rings. The number of aromatic nitrogens is 1. The minimum absolute atomic E-state index is 0.118. The first kappa shape index (κ1) is 10.6. The van der Waals surface area contributed by atoms with Crippen molar-refractivity contribution >= 4 is 22.9 Å². The average molecular weight is 233 g/mol. The minimum Gasteiger partial charge on any atom is -0.399 e. The second kappa shape index (κ2) is 4.76. The molecule has 2 aromatic rings. The lowest BCUT2D eigenvalue weighted by Crippen LogP contribution is -2.22. The maximum atomic E-state index is 11.7. The predicted molar refractivity (Wildman–Crippen MR) is 64.1 cm³/mol. The van der Waals surface area contributed by atoms with Gasteiger partial charge < -0.3 is 11.1 Å². The zero-order valence-corrected chi connectivity index (χ0v) is 9.33. The van der Waals surface area contributed by atoms with Gasteiger partial charge in [-0.05, 0) is 24.3 Å². The number of nitrogens with zero attached hydrogens (tertiary/aromatic N) is 1. The first-order valence-electron chi connectivity index (χ1n) is 4.76. The van der Waals surface area contributed by atoms with Crippen LogP contribution in [0.5, 0.6) is 0 Å². The van der Waals surface area contributed by atoms with Crippen molar-refractivity contribution in [2.45, 2.75) is 6.54 Å². The summed E-state index contributed by atoms with van der Waals surface area (Å²) < 4.78 is 0. The summed E-state index contributed by atoms with van der Waals surface area (Å²) in [7, 11) is 0. The van der Waals surface area contributed by atoms with Crippen molar-refractivity contribution in [2.24, 2.45) is 0 Å². The minimum atomic E-state index is -0.118. The lowest BCUT2D eigenvalue weighted by Gasteiger charge is -2.03. The molecule has 16 heavy (non-hydrogen) atoms. The molecule has 0 aliphatic heterocycles. The van der Waals surface area contributed by atoms with Crippen LogP contribution in [0.15, 0.2) is 35.2 Å². The monoisotopic (exact) mass is 233 g/mol. The highest BCUT2D eigenvalue weighted by atomic mass is 32.1. The van der Waals surface area contributed by atoms with E-state index in [1.807, 2.05) is 5.38 Å². The normalized spacial score (nSPS) is 10.0. The van der Waals surface area contributed by atoms with E-state index in [1.54, 1.807) is 29.8 Å². The highest BCUT2D eigenvalue weighted by molar-refractivity contribution is 7.07. The van der Waals surface area contributed by atoms with Gasteiger partial charge in [0.1, 0.15) is 0 Å². The van der Waals surface area contributed by atoms with Crippen LogP contribution >= 0.6 is 11.3 Å². The molecule has 0 bridgehead atoms. The van der Waals surface area contributed by atoms with E-state index < -0.39 is 0 Å². The lowest BCUT2D eigenvalue weighted by molar-refractivity contribution is 0.0950. The molecule has 4 nitrogen and oxygen atoms in total. The molecule has 2 rings (SSSR count). The number of amides is 1. The summed E-state index contributed by atoms with van der Waals surface area (Å²) in [5.74, 6) is -0.118. The van der Waals surface area contributed by atoms with E-state index in [0.29, 0.717) is 17.8 Å². The number of nitrogen functional groups attached to an aromatic ring is 1. The molecule has 1 aromatic carbocycles. The number of rotatable bonds is 3. The largest absolute Gasteiger partial charge is 0.399 e. The zero-order chi connectivity index (χ0) is 11.4. The summed E-state index contributed by atoms with van der Waals surface area (Å²) in [4.78, 5) is 15.8. The molecule has 3 N–H and O–H groups in total. The van der Waals surface area contributed by atoms with Gasteiger partial charge in [-0.3, -0.25) is 4.79 Å². The van der Waals surface area contributed by atoms with Gasteiger partial charge in [0.25, 0.3) is 5.91 Å². The average Bonchev–Trinajstić information content (AvgIpc) is 2.80. The van der Waals surface area contributed by atoms with Crippen molar-refractivity contribution in [3.63, 3.8) is 0 Å². The molecule has 1 heterocycles. The van der Waals surface area contributed by atoms with Gasteiger partial charge in [-0.1, -0.05) is 0 Å². The van der Waals surface area contributed by atoms with E-state index in [2.05, 4.69) is 10.3 Å². The van der Waals surface area contributed by atoms with Crippen molar-refractivity contribution in [1.82, 2.24) is 10.3 Å². The highest BCUT2D eigenvalue weighted by Gasteiger charge is 2.04. The van der Waals surface area contributed by atoms with Gasteiger partial charge in [-0.2, -0.15) is 0 Å². The molecule has 5 heteroatoms. The van der Waals surface area contributed by atoms with Crippen LogP contribution in [0.25, 0.3) is 0 Å². The van der Waals surface area contributed by atoms with E-state index in [1.165, 1.54) is 11.3 Å². The molecule has 0 unspecified atom stereocenters. The Labute approximate surface area is 97.1 Å². The number of hydrogen-bond acceptors (Lipinski definition) is 4. The van der Waals surface area contributed by atoms with Gasteiger partial charge in [0.05, 0.1) is 17.7 Å². The Morgan fingerprint density at radius 2 is 2.12 bits per heavy atom. The van der Waals surface area contributed by atoms with Crippen LogP contribution in [0.4, 0.5) is 5.69 Å². The standard InChI is InChI=1S/C11H11N3OS/c12-9-3-1-8(2-4-9)11(15)13-5-10-6-16-7-14-10/h1-4,6-7H,5,12H2,(H,13,15). The third kappa shape index (κ3) is 2.58. The SMILES string of the molecule is Nc1ccc(C(=O)NCc2cscn2)cc1. The molecule has 1 amide bonds. The second-order valence-corrected chi connectivity index (χ2v) is 4.00. The number of carbonyl (C=O) groups is 1. The quantitative estimate of drug-likeness (QED) is 0.792. The van der Waals surface area contributed by atoms with Crippen LogP contribution < -0.4 is 11.1 Å². The van der Waals surface area contributed by atoms with E-state index in [0.717, 1.165) is 5.69 Å². The Balaban J connectivity index is 1.95. The number of carbonyl (C=O) groups excluding carboxylic acids is 1. The lowest BCUT2D eigenvalue weighted by atomic mass is 10.2. The van der Waals surface area contributed by atoms with Gasteiger partial charge in [0, 0.05) is 16.6 Å². The fourth-order valence-corrected chi connectivity index (χ4v) is 1.79. The molecule has 0 saturated heterocycles. The van der Waals surface area contributed by atoms with Crippen LogP contribution in [-0.2, 0) is 6.54 Å². The maximum Gasteiger partial charge on any atom is 0.251 e. The molecule has 0 aliphatic carbocycles. The summed E-state index contributed by atoms with van der Waals surface area (Å²) >= 11 is 1.51. The Morgan fingerprint density at radius 1 is 1.38 bits per heavy atom. The fourth-order valence-electron chi connectivity index (χ4n) is 1.23. The van der Waals surface area contributed by atoms with Crippen molar-refractivity contribution < 1.29 is 4.79 Å². The predicted octanol–water partition coefficient (Wildman–Crippen LogP) is 1.66. The fraction of sp³-hybridized carbons (Fsp3) is 0.0909. The van der Waals surface area contributed by atoms with Crippen molar-refractivity contribution in [2.75, 3.05) is 5.73 Å². The molecular formula is C11H11N3OS. The van der Waals surface area contributed by atoms with Crippen LogP contribution in [0.3, 0.4) is 0 Å². The van der Waals surface area contributed by atoms with Crippen molar-refractivity contribution in [3.8, 4) is 0 Å². The summed E-state index contributed by atoms with van der Waals surface area (Å²) in [6, 6.07) is 6.81. The zero-order valence-electron chi connectivity index (χ0n) is 8.51. The Morgan fingerprint density at radius 3 is 2.75 bits per heavy atom. The Hall–Kier alpha value is -1.88. The smallest absolute Gasteiger partial charge is 0.251 e. The first-order chi connectivity index (χ1) is 7.75. The Bertz CT molecular complexity index is 464. The topological polar surface area (TPSA) is 68.0 Å². The van der Waals surface area contributed by atoms with Gasteiger partial charge >= 0.3 is 0 Å². The molecular weight excluding hydrogens is 222 g/mol. The number of hydrogen-bond donors (Lipinski definition) is 2. The molecule has 0 radical (unpaired) electrons. The molecule has 0 spiro atoms. The third-order valence-corrected chi connectivity index (χ3v) is 2.72. The van der Waals surface area contributed by atoms with Gasteiger partial charge in [-0.15, -0.1) is 11.3 Å². The number of thiazole rings is 1. The molecule has 1 aromatic heterocycles. The molecule has 82 valence electrons. The maximum absolute atomic E-state index is 11.7. The number of nitrogens with one attached hydrogen (secondary N) is 1. The summed E-state index contributed by atoms with van der Waals surface area (Å²) in [6.07, 6.45) is 0. The van der Waals surface area contributed by atoms with Crippen LogP contribution in [0, 0.1) is 0 Å². The number of nitrogens with two attached hydrogens (primary N) is 1. The summed E-state index contributed by atoms with van der Waals surface area (Å²) in [6.45, 7) is 0.451. The first-order valence-corrected chi connectivity index (χ1v) is 5.71.